The second kappa shape index (κ2) is 6.93. The van der Waals surface area contributed by atoms with Crippen LogP contribution in [0.3, 0.4) is 0 Å². The van der Waals surface area contributed by atoms with Crippen LogP contribution < -0.4 is 0 Å². The molecule has 138 valence electrons. The van der Waals surface area contributed by atoms with Gasteiger partial charge in [-0.1, -0.05) is 17.7 Å². The summed E-state index contributed by atoms with van der Waals surface area (Å²) in [7, 11) is 0. The Morgan fingerprint density at radius 3 is 2.69 bits per heavy atom. The number of nitrogens with zero attached hydrogens (tertiary/aromatic N) is 1. The first kappa shape index (κ1) is 17.4. The van der Waals surface area contributed by atoms with E-state index < -0.39 is 11.9 Å². The topological polar surface area (TPSA) is 82.6 Å². The third kappa shape index (κ3) is 3.19. The quantitative estimate of drug-likeness (QED) is 0.862. The van der Waals surface area contributed by atoms with Crippen LogP contribution in [0.25, 0.3) is 10.9 Å². The molecule has 1 aromatic heterocycles. The molecule has 2 N–H and O–H groups in total. The molecule has 1 unspecified atom stereocenters. The van der Waals surface area contributed by atoms with Crippen LogP contribution in [0.1, 0.15) is 29.8 Å². The molecule has 6 nitrogen and oxygen atoms in total. The molecule has 0 bridgehead atoms. The smallest absolute Gasteiger partial charge is 0.309 e. The molecule has 4 rings (SSSR count). The molecule has 0 spiro atoms. The first-order valence-electron chi connectivity index (χ1n) is 8.95. The number of aromatic amines is 1. The van der Waals surface area contributed by atoms with Gasteiger partial charge in [-0.2, -0.15) is 0 Å². The third-order valence-corrected chi connectivity index (χ3v) is 5.79. The van der Waals surface area contributed by atoms with Gasteiger partial charge in [-0.3, -0.25) is 9.59 Å². The molecule has 2 aliphatic heterocycles. The molecule has 0 saturated carbocycles. The molecule has 2 saturated heterocycles. The normalized spacial score (nSPS) is 24.3. The molecule has 2 aromatic rings. The van der Waals surface area contributed by atoms with Gasteiger partial charge in [0.25, 0.3) is 5.91 Å². The predicted octanol–water partition coefficient (Wildman–Crippen LogP) is 3.16. The van der Waals surface area contributed by atoms with E-state index in [1.54, 1.807) is 6.07 Å². The van der Waals surface area contributed by atoms with Crippen molar-refractivity contribution in [3.05, 3.63) is 35.0 Å². The van der Waals surface area contributed by atoms with Gasteiger partial charge in [-0.15, -0.1) is 0 Å². The summed E-state index contributed by atoms with van der Waals surface area (Å²) in [6.07, 6.45) is 1.90. The van der Waals surface area contributed by atoms with Gasteiger partial charge in [0.05, 0.1) is 12.0 Å². The van der Waals surface area contributed by atoms with Crippen molar-refractivity contribution >= 4 is 34.4 Å². The van der Waals surface area contributed by atoms with Crippen molar-refractivity contribution < 1.29 is 19.4 Å². The van der Waals surface area contributed by atoms with Crippen molar-refractivity contribution in [1.82, 2.24) is 9.88 Å². The first-order chi connectivity index (χ1) is 12.5. The minimum atomic E-state index is -0.775. The van der Waals surface area contributed by atoms with E-state index in [1.165, 1.54) is 0 Å². The number of hydrogen-bond acceptors (Lipinski definition) is 3. The maximum absolute atomic E-state index is 12.8. The van der Waals surface area contributed by atoms with E-state index in [2.05, 4.69) is 4.98 Å². The number of carboxylic acid groups (broad SMARTS) is 1. The predicted molar refractivity (Wildman–Crippen MR) is 97.4 cm³/mol. The van der Waals surface area contributed by atoms with Crippen LogP contribution >= 0.6 is 11.6 Å². The summed E-state index contributed by atoms with van der Waals surface area (Å²) in [4.78, 5) is 29.1. The van der Waals surface area contributed by atoms with Crippen LogP contribution in [0.15, 0.2) is 24.3 Å². The van der Waals surface area contributed by atoms with E-state index in [1.807, 2.05) is 23.1 Å². The fourth-order valence-electron chi connectivity index (χ4n) is 4.16. The molecular weight excluding hydrogens is 356 g/mol. The molecule has 3 heterocycles. The Hall–Kier alpha value is -2.05. The third-order valence-electron chi connectivity index (χ3n) is 5.56. The maximum atomic E-state index is 12.8. The number of likely N-dealkylation sites (tertiary alicyclic amines) is 1. The number of ether oxygens (including phenoxy) is 1. The number of benzene rings is 1. The number of H-pyrrole nitrogens is 1. The monoisotopic (exact) mass is 376 g/mol. The first-order valence-corrected chi connectivity index (χ1v) is 9.32. The van der Waals surface area contributed by atoms with Gasteiger partial charge in [0.1, 0.15) is 5.69 Å². The summed E-state index contributed by atoms with van der Waals surface area (Å²) in [6, 6.07) is 7.35. The standard InChI is InChI=1S/C19H21ClN2O4/c20-13-2-1-12-9-16(21-15(12)10-13)18(23)22-6-3-11(4-7-22)17-14(19(24)25)5-8-26-17/h1-2,9-11,14,17,21H,3-8H2,(H,24,25)/t14?,17-/m0/s1. The minimum absolute atomic E-state index is 0.0297. The number of nitrogens with one attached hydrogen (secondary N) is 1. The zero-order chi connectivity index (χ0) is 18.3. The van der Waals surface area contributed by atoms with Crippen LogP contribution in [0.5, 0.6) is 0 Å². The second-order valence-corrected chi connectivity index (χ2v) is 7.55. The number of piperidine rings is 1. The van der Waals surface area contributed by atoms with Crippen LogP contribution in [-0.4, -0.2) is 52.7 Å². The number of carbonyl (C=O) groups excluding carboxylic acids is 1. The molecule has 2 atom stereocenters. The highest BCUT2D eigenvalue weighted by Crippen LogP contribution is 2.33. The van der Waals surface area contributed by atoms with Crippen LogP contribution in [0, 0.1) is 11.8 Å². The number of halogens is 1. The Morgan fingerprint density at radius 2 is 1.96 bits per heavy atom. The van der Waals surface area contributed by atoms with Gasteiger partial charge in [0, 0.05) is 35.6 Å². The lowest BCUT2D eigenvalue weighted by atomic mass is 9.84. The summed E-state index contributed by atoms with van der Waals surface area (Å²) in [5, 5.41) is 10.9. The van der Waals surface area contributed by atoms with Crippen LogP contribution in [-0.2, 0) is 9.53 Å². The lowest BCUT2D eigenvalue weighted by Crippen LogP contribution is -2.43. The Labute approximate surface area is 156 Å². The summed E-state index contributed by atoms with van der Waals surface area (Å²) < 4.78 is 5.69. The van der Waals surface area contributed by atoms with Gasteiger partial charge in [0.2, 0.25) is 0 Å². The van der Waals surface area contributed by atoms with E-state index >= 15 is 0 Å². The molecule has 1 amide bonds. The van der Waals surface area contributed by atoms with E-state index in [0.717, 1.165) is 23.7 Å². The molecule has 2 aliphatic rings. The van der Waals surface area contributed by atoms with Crippen molar-refractivity contribution in [3.8, 4) is 0 Å². The average Bonchev–Trinajstić information content (AvgIpc) is 3.28. The molecule has 7 heteroatoms. The van der Waals surface area contributed by atoms with Crippen molar-refractivity contribution in [2.24, 2.45) is 11.8 Å². The van der Waals surface area contributed by atoms with Crippen molar-refractivity contribution in [1.29, 1.82) is 0 Å². The molecule has 0 aliphatic carbocycles. The molecule has 2 fully saturated rings. The molecule has 1 aromatic carbocycles. The summed E-state index contributed by atoms with van der Waals surface area (Å²) in [6.45, 7) is 1.75. The Bertz CT molecular complexity index is 841. The number of aromatic nitrogens is 1. The van der Waals surface area contributed by atoms with E-state index in [9.17, 15) is 14.7 Å². The van der Waals surface area contributed by atoms with E-state index in [-0.39, 0.29) is 17.9 Å². The lowest BCUT2D eigenvalue weighted by molar-refractivity contribution is -0.145. The summed E-state index contributed by atoms with van der Waals surface area (Å²) >= 11 is 6.00. The maximum Gasteiger partial charge on any atom is 0.309 e. The SMILES string of the molecule is O=C(O)C1CCO[C@H]1C1CCN(C(=O)c2cc3ccc(Cl)cc3[nH]2)CC1. The van der Waals surface area contributed by atoms with Crippen molar-refractivity contribution in [2.45, 2.75) is 25.4 Å². The highest BCUT2D eigenvalue weighted by molar-refractivity contribution is 6.31. The highest BCUT2D eigenvalue weighted by Gasteiger charge is 2.40. The zero-order valence-electron chi connectivity index (χ0n) is 14.3. The van der Waals surface area contributed by atoms with Crippen molar-refractivity contribution in [3.63, 3.8) is 0 Å². The number of carbonyl (C=O) groups is 2. The minimum Gasteiger partial charge on any atom is -0.481 e. The van der Waals surface area contributed by atoms with Gasteiger partial charge in [0.15, 0.2) is 0 Å². The summed E-state index contributed by atoms with van der Waals surface area (Å²) in [5.41, 5.74) is 1.40. The molecular formula is C19H21ClN2O4. The number of aliphatic carboxylic acids is 1. The molecule has 26 heavy (non-hydrogen) atoms. The number of hydrogen-bond donors (Lipinski definition) is 2. The van der Waals surface area contributed by atoms with E-state index in [4.69, 9.17) is 16.3 Å². The lowest BCUT2D eigenvalue weighted by Gasteiger charge is -2.35. The van der Waals surface area contributed by atoms with Gasteiger partial charge in [-0.25, -0.2) is 0 Å². The molecule has 0 radical (unpaired) electrons. The number of carboxylic acids is 1. The number of rotatable bonds is 3. The summed E-state index contributed by atoms with van der Waals surface area (Å²) in [5.74, 6) is -1.02. The van der Waals surface area contributed by atoms with Crippen molar-refractivity contribution in [2.75, 3.05) is 19.7 Å². The van der Waals surface area contributed by atoms with E-state index in [0.29, 0.717) is 36.8 Å². The number of amides is 1. The highest BCUT2D eigenvalue weighted by atomic mass is 35.5. The fourth-order valence-corrected chi connectivity index (χ4v) is 4.33. The van der Waals surface area contributed by atoms with Gasteiger partial charge >= 0.3 is 5.97 Å². The van der Waals surface area contributed by atoms with Gasteiger partial charge < -0.3 is 19.7 Å². The van der Waals surface area contributed by atoms with Crippen LogP contribution in [0.2, 0.25) is 5.02 Å². The Balaban J connectivity index is 1.42. The number of fused-ring (bicyclic) bond motifs is 1. The second-order valence-electron chi connectivity index (χ2n) is 7.11. The fraction of sp³-hybridized carbons (Fsp3) is 0.474. The zero-order valence-corrected chi connectivity index (χ0v) is 15.0. The Morgan fingerprint density at radius 1 is 1.19 bits per heavy atom. The largest absolute Gasteiger partial charge is 0.481 e. The average molecular weight is 377 g/mol. The van der Waals surface area contributed by atoms with Crippen LogP contribution in [0.4, 0.5) is 0 Å². The van der Waals surface area contributed by atoms with Gasteiger partial charge in [-0.05, 0) is 43.4 Å². The Kier molecular flexibility index (Phi) is 4.63.